The summed E-state index contributed by atoms with van der Waals surface area (Å²) in [4.78, 5) is 17.8. The Kier molecular flexibility index (Phi) is 4.90. The van der Waals surface area contributed by atoms with Gasteiger partial charge in [-0.2, -0.15) is 0 Å². The summed E-state index contributed by atoms with van der Waals surface area (Å²) in [5, 5.41) is 17.6. The molecule has 136 valence electrons. The van der Waals surface area contributed by atoms with Crippen LogP contribution < -0.4 is 5.32 Å². The van der Waals surface area contributed by atoms with Gasteiger partial charge in [0, 0.05) is 11.6 Å². The topological polar surface area (TPSA) is 82.8 Å². The van der Waals surface area contributed by atoms with Crippen molar-refractivity contribution in [2.75, 3.05) is 5.32 Å². The lowest BCUT2D eigenvalue weighted by atomic mass is 9.87. The smallest absolute Gasteiger partial charge is 0.408 e. The van der Waals surface area contributed by atoms with Crippen molar-refractivity contribution in [2.24, 2.45) is 0 Å². The van der Waals surface area contributed by atoms with Crippen LogP contribution in [0, 0.1) is 0 Å². The number of amides is 1. The molecule has 0 aromatic carbocycles. The molecule has 0 unspecified atom stereocenters. The Morgan fingerprint density at radius 3 is 2.76 bits per heavy atom. The Labute approximate surface area is 155 Å². The van der Waals surface area contributed by atoms with Gasteiger partial charge in [0.05, 0.1) is 17.8 Å². The SMILES string of the molecule is CC(C)(C)N(C(=O)O)[C@H]1CCCC[C@H]1Nc1ncc2ccc(Br)n2n1. The van der Waals surface area contributed by atoms with Gasteiger partial charge in [-0.3, -0.25) is 4.90 Å². The van der Waals surface area contributed by atoms with Gasteiger partial charge in [0.2, 0.25) is 5.95 Å². The summed E-state index contributed by atoms with van der Waals surface area (Å²) >= 11 is 3.47. The van der Waals surface area contributed by atoms with E-state index in [0.717, 1.165) is 35.8 Å². The second-order valence-corrected chi connectivity index (χ2v) is 8.31. The van der Waals surface area contributed by atoms with E-state index in [9.17, 15) is 9.90 Å². The van der Waals surface area contributed by atoms with Gasteiger partial charge in [-0.25, -0.2) is 14.3 Å². The van der Waals surface area contributed by atoms with E-state index in [0.29, 0.717) is 5.95 Å². The van der Waals surface area contributed by atoms with Gasteiger partial charge in [0.15, 0.2) is 0 Å². The van der Waals surface area contributed by atoms with Crippen LogP contribution in [0.1, 0.15) is 46.5 Å². The van der Waals surface area contributed by atoms with Crippen molar-refractivity contribution in [1.82, 2.24) is 19.5 Å². The molecule has 0 bridgehead atoms. The third kappa shape index (κ3) is 3.73. The summed E-state index contributed by atoms with van der Waals surface area (Å²) in [5.74, 6) is 0.514. The maximum absolute atomic E-state index is 11.9. The molecule has 1 aliphatic carbocycles. The number of hydrogen-bond acceptors (Lipinski definition) is 4. The highest BCUT2D eigenvalue weighted by molar-refractivity contribution is 9.10. The van der Waals surface area contributed by atoms with Crippen LogP contribution in [-0.4, -0.2) is 48.3 Å². The van der Waals surface area contributed by atoms with Crippen LogP contribution in [0.5, 0.6) is 0 Å². The van der Waals surface area contributed by atoms with Gasteiger partial charge in [-0.1, -0.05) is 12.8 Å². The zero-order chi connectivity index (χ0) is 18.2. The van der Waals surface area contributed by atoms with Crippen LogP contribution in [0.15, 0.2) is 22.9 Å². The first kappa shape index (κ1) is 18.0. The summed E-state index contributed by atoms with van der Waals surface area (Å²) in [7, 11) is 0. The second kappa shape index (κ2) is 6.82. The van der Waals surface area contributed by atoms with E-state index in [1.54, 1.807) is 15.6 Å². The molecule has 0 aliphatic heterocycles. The average molecular weight is 410 g/mol. The minimum absolute atomic E-state index is 0.00383. The standard InChI is InChI=1S/C17H24BrN5O2/c1-17(2,3)22(16(24)25)13-7-5-4-6-12(13)20-15-19-10-11-8-9-14(18)23(11)21-15/h8-10,12-13H,4-7H2,1-3H3,(H,20,21)(H,24,25)/t12-,13+/m1/s1. The number of nitrogens with zero attached hydrogens (tertiary/aromatic N) is 4. The predicted molar refractivity (Wildman–Crippen MR) is 100.0 cm³/mol. The van der Waals surface area contributed by atoms with Gasteiger partial charge >= 0.3 is 6.09 Å². The fraction of sp³-hybridized carbons (Fsp3) is 0.588. The molecular formula is C17H24BrN5O2. The number of carboxylic acid groups (broad SMARTS) is 1. The summed E-state index contributed by atoms with van der Waals surface area (Å²) in [6, 6.07) is 3.75. The van der Waals surface area contributed by atoms with Gasteiger partial charge in [-0.15, -0.1) is 5.10 Å². The predicted octanol–water partition coefficient (Wildman–Crippen LogP) is 3.99. The highest BCUT2D eigenvalue weighted by Crippen LogP contribution is 2.30. The van der Waals surface area contributed by atoms with Crippen LogP contribution >= 0.6 is 15.9 Å². The molecule has 8 heteroatoms. The average Bonchev–Trinajstić information content (AvgIpc) is 2.89. The lowest BCUT2D eigenvalue weighted by molar-refractivity contribution is 0.0519. The number of nitrogens with one attached hydrogen (secondary N) is 1. The van der Waals surface area contributed by atoms with Crippen LogP contribution in [-0.2, 0) is 0 Å². The Bertz CT molecular complexity index is 770. The molecule has 7 nitrogen and oxygen atoms in total. The lowest BCUT2D eigenvalue weighted by Crippen LogP contribution is -2.58. The fourth-order valence-corrected chi connectivity index (χ4v) is 4.03. The number of rotatable bonds is 3. The minimum atomic E-state index is -0.879. The highest BCUT2D eigenvalue weighted by Gasteiger charge is 2.39. The lowest BCUT2D eigenvalue weighted by Gasteiger charge is -2.45. The van der Waals surface area contributed by atoms with E-state index in [-0.39, 0.29) is 12.1 Å². The molecule has 2 N–H and O–H groups in total. The maximum Gasteiger partial charge on any atom is 0.408 e. The summed E-state index contributed by atoms with van der Waals surface area (Å²) in [6.45, 7) is 5.81. The molecule has 2 heterocycles. The van der Waals surface area contributed by atoms with Crippen LogP contribution in [0.4, 0.5) is 10.7 Å². The zero-order valence-corrected chi connectivity index (χ0v) is 16.3. The number of aromatic nitrogens is 3. The molecule has 1 aliphatic rings. The van der Waals surface area contributed by atoms with Crippen molar-refractivity contribution in [1.29, 1.82) is 0 Å². The number of hydrogen-bond donors (Lipinski definition) is 2. The molecule has 2 aromatic heterocycles. The Hall–Kier alpha value is -1.83. The van der Waals surface area contributed by atoms with Gasteiger partial charge in [0.25, 0.3) is 0 Å². The highest BCUT2D eigenvalue weighted by atomic mass is 79.9. The number of halogens is 1. The zero-order valence-electron chi connectivity index (χ0n) is 14.7. The molecule has 2 atom stereocenters. The summed E-state index contributed by atoms with van der Waals surface area (Å²) < 4.78 is 2.63. The van der Waals surface area contributed by atoms with Crippen molar-refractivity contribution < 1.29 is 9.90 Å². The van der Waals surface area contributed by atoms with Crippen molar-refractivity contribution in [3.05, 3.63) is 22.9 Å². The van der Waals surface area contributed by atoms with E-state index in [2.05, 4.69) is 31.3 Å². The summed E-state index contributed by atoms with van der Waals surface area (Å²) in [6.07, 6.45) is 4.73. The van der Waals surface area contributed by atoms with Crippen molar-refractivity contribution in [2.45, 2.75) is 64.1 Å². The van der Waals surface area contributed by atoms with E-state index < -0.39 is 11.6 Å². The number of anilines is 1. The molecule has 1 amide bonds. The van der Waals surface area contributed by atoms with Crippen LogP contribution in [0.3, 0.4) is 0 Å². The van der Waals surface area contributed by atoms with Crippen molar-refractivity contribution in [3.8, 4) is 0 Å². The number of fused-ring (bicyclic) bond motifs is 1. The molecular weight excluding hydrogens is 386 g/mol. The molecule has 0 radical (unpaired) electrons. The van der Waals surface area contributed by atoms with Gasteiger partial charge in [0.1, 0.15) is 4.60 Å². The first-order chi connectivity index (χ1) is 11.8. The van der Waals surface area contributed by atoms with E-state index in [4.69, 9.17) is 0 Å². The Morgan fingerprint density at radius 1 is 1.36 bits per heavy atom. The van der Waals surface area contributed by atoms with Crippen LogP contribution in [0.2, 0.25) is 0 Å². The van der Waals surface area contributed by atoms with E-state index >= 15 is 0 Å². The maximum atomic E-state index is 11.9. The largest absolute Gasteiger partial charge is 0.465 e. The van der Waals surface area contributed by atoms with E-state index in [1.165, 1.54) is 0 Å². The number of carbonyl (C=O) groups is 1. The monoisotopic (exact) mass is 409 g/mol. The molecule has 2 aromatic rings. The minimum Gasteiger partial charge on any atom is -0.465 e. The normalized spacial score (nSPS) is 21.3. The molecule has 1 saturated carbocycles. The molecule has 0 spiro atoms. The Morgan fingerprint density at radius 2 is 2.08 bits per heavy atom. The quantitative estimate of drug-likeness (QED) is 0.800. The van der Waals surface area contributed by atoms with Crippen molar-refractivity contribution in [3.63, 3.8) is 0 Å². The second-order valence-electron chi connectivity index (χ2n) is 7.50. The third-order valence-corrected chi connectivity index (χ3v) is 5.26. The van der Waals surface area contributed by atoms with E-state index in [1.807, 2.05) is 32.9 Å². The fourth-order valence-electron chi connectivity index (χ4n) is 3.62. The molecule has 0 saturated heterocycles. The first-order valence-corrected chi connectivity index (χ1v) is 9.36. The summed E-state index contributed by atoms with van der Waals surface area (Å²) in [5.41, 5.74) is 0.446. The first-order valence-electron chi connectivity index (χ1n) is 8.56. The Balaban J connectivity index is 1.87. The van der Waals surface area contributed by atoms with Gasteiger partial charge in [-0.05, 0) is 61.7 Å². The van der Waals surface area contributed by atoms with Crippen LogP contribution in [0.25, 0.3) is 5.52 Å². The molecule has 25 heavy (non-hydrogen) atoms. The molecule has 1 fully saturated rings. The van der Waals surface area contributed by atoms with Gasteiger partial charge < -0.3 is 10.4 Å². The molecule has 3 rings (SSSR count). The third-order valence-electron chi connectivity index (χ3n) is 4.66. The van der Waals surface area contributed by atoms with Crippen molar-refractivity contribution >= 4 is 33.5 Å².